The summed E-state index contributed by atoms with van der Waals surface area (Å²) < 4.78 is 4.83. The number of nitrogens with two attached hydrogens (primary N) is 2. The lowest BCUT2D eigenvalue weighted by atomic mass is 9.91. The van der Waals surface area contributed by atoms with Crippen LogP contribution in [0.5, 0.6) is 0 Å². The first-order valence-electron chi connectivity index (χ1n) is 8.14. The Bertz CT molecular complexity index is 722. The Kier molecular flexibility index (Phi) is 6.19. The Morgan fingerprint density at radius 2 is 2.00 bits per heavy atom. The van der Waals surface area contributed by atoms with Crippen LogP contribution >= 0.6 is 0 Å². The molecule has 0 saturated carbocycles. The summed E-state index contributed by atoms with van der Waals surface area (Å²) in [6.07, 6.45) is -0.773. The Labute approximate surface area is 147 Å². The molecule has 0 radical (unpaired) electrons. The van der Waals surface area contributed by atoms with E-state index in [0.29, 0.717) is 17.7 Å². The number of amides is 1. The van der Waals surface area contributed by atoms with Gasteiger partial charge in [0.05, 0.1) is 18.4 Å². The summed E-state index contributed by atoms with van der Waals surface area (Å²) in [4.78, 5) is 15.6. The molecule has 0 saturated heterocycles. The highest BCUT2D eigenvalue weighted by molar-refractivity contribution is 5.84. The number of aromatic nitrogens is 1. The van der Waals surface area contributed by atoms with E-state index in [2.05, 4.69) is 10.3 Å². The number of hydrogen-bond donors (Lipinski definition) is 4. The minimum atomic E-state index is -0.642. The molecule has 0 aliphatic heterocycles. The van der Waals surface area contributed by atoms with Gasteiger partial charge in [-0.1, -0.05) is 37.3 Å². The van der Waals surface area contributed by atoms with Crippen LogP contribution in [0.1, 0.15) is 31.1 Å². The van der Waals surface area contributed by atoms with Crippen LogP contribution in [0.3, 0.4) is 0 Å². The van der Waals surface area contributed by atoms with E-state index in [-0.39, 0.29) is 24.2 Å². The maximum absolute atomic E-state index is 11.6. The molecule has 1 aromatic heterocycles. The van der Waals surface area contributed by atoms with Crippen molar-refractivity contribution >= 4 is 23.4 Å². The molecule has 7 nitrogen and oxygen atoms in total. The topological polar surface area (TPSA) is 123 Å². The average Bonchev–Trinajstić information content (AvgIpc) is 2.59. The minimum absolute atomic E-state index is 0.109. The summed E-state index contributed by atoms with van der Waals surface area (Å²) in [5.74, 6) is 0.286. The molecule has 0 aliphatic rings. The van der Waals surface area contributed by atoms with Crippen LogP contribution in [0.25, 0.3) is 0 Å². The molecule has 2 rings (SSSR count). The minimum Gasteiger partial charge on any atom is -0.450 e. The number of carbonyl (C=O) groups is 1. The molecule has 6 N–H and O–H groups in total. The average molecular weight is 344 g/mol. The normalized spacial score (nSPS) is 13.1. The SMILES string of the molecule is CCOC(=O)Nc1cc(C[C@@H](C)[C@H](O)c2ccccc2)c(N)c(N)n1. The summed E-state index contributed by atoms with van der Waals surface area (Å²) in [6, 6.07) is 11.1. The van der Waals surface area contributed by atoms with Crippen molar-refractivity contribution in [1.29, 1.82) is 0 Å². The third kappa shape index (κ3) is 4.84. The van der Waals surface area contributed by atoms with Crippen molar-refractivity contribution < 1.29 is 14.6 Å². The van der Waals surface area contributed by atoms with Crippen LogP contribution in [-0.4, -0.2) is 22.8 Å². The molecule has 0 aliphatic carbocycles. The number of hydrogen-bond acceptors (Lipinski definition) is 6. The van der Waals surface area contributed by atoms with Crippen molar-refractivity contribution in [3.63, 3.8) is 0 Å². The van der Waals surface area contributed by atoms with E-state index in [1.807, 2.05) is 37.3 Å². The largest absolute Gasteiger partial charge is 0.450 e. The molecule has 0 spiro atoms. The van der Waals surface area contributed by atoms with E-state index in [1.54, 1.807) is 13.0 Å². The Balaban J connectivity index is 2.17. The van der Waals surface area contributed by atoms with Gasteiger partial charge in [-0.3, -0.25) is 5.32 Å². The second kappa shape index (κ2) is 8.34. The van der Waals surface area contributed by atoms with Gasteiger partial charge < -0.3 is 21.3 Å². The van der Waals surface area contributed by atoms with Crippen LogP contribution in [0.4, 0.5) is 22.1 Å². The van der Waals surface area contributed by atoms with E-state index in [9.17, 15) is 9.90 Å². The summed E-state index contributed by atoms with van der Waals surface area (Å²) in [5, 5.41) is 13.0. The molecule has 1 heterocycles. The van der Waals surface area contributed by atoms with Gasteiger partial charge in [-0.25, -0.2) is 9.78 Å². The monoisotopic (exact) mass is 344 g/mol. The number of ether oxygens (including phenoxy) is 1. The van der Waals surface area contributed by atoms with Gasteiger partial charge in [0.1, 0.15) is 11.6 Å². The Hall–Kier alpha value is -2.80. The van der Waals surface area contributed by atoms with Crippen molar-refractivity contribution in [2.45, 2.75) is 26.4 Å². The third-order valence-corrected chi connectivity index (χ3v) is 3.90. The first-order chi connectivity index (χ1) is 11.9. The molecule has 1 aromatic carbocycles. The second-order valence-corrected chi connectivity index (χ2v) is 5.85. The van der Waals surface area contributed by atoms with Crippen LogP contribution in [0.2, 0.25) is 0 Å². The number of nitrogens with zero attached hydrogens (tertiary/aromatic N) is 1. The molecule has 25 heavy (non-hydrogen) atoms. The number of anilines is 3. The maximum Gasteiger partial charge on any atom is 0.412 e. The van der Waals surface area contributed by atoms with E-state index in [0.717, 1.165) is 5.56 Å². The molecule has 2 atom stereocenters. The number of aliphatic hydroxyl groups is 1. The van der Waals surface area contributed by atoms with E-state index >= 15 is 0 Å². The smallest absolute Gasteiger partial charge is 0.412 e. The standard InChI is InChI=1S/C18H24N4O3/c1-3-25-18(24)22-14-10-13(15(19)17(20)21-14)9-11(2)16(23)12-7-5-4-6-8-12/h4-8,10-11,16,23H,3,9,19H2,1-2H3,(H3,20,21,22,24)/t11-,16+/m1/s1. The molecule has 0 unspecified atom stereocenters. The van der Waals surface area contributed by atoms with Gasteiger partial charge in [0.2, 0.25) is 0 Å². The number of carbonyl (C=O) groups excluding carboxylic acids is 1. The molecule has 0 fully saturated rings. The molecular weight excluding hydrogens is 320 g/mol. The molecular formula is C18H24N4O3. The first-order valence-corrected chi connectivity index (χ1v) is 8.14. The quantitative estimate of drug-likeness (QED) is 0.639. The van der Waals surface area contributed by atoms with E-state index < -0.39 is 12.2 Å². The van der Waals surface area contributed by atoms with Crippen molar-refractivity contribution in [2.75, 3.05) is 23.4 Å². The summed E-state index contributed by atoms with van der Waals surface area (Å²) in [6.45, 7) is 3.89. The molecule has 2 aromatic rings. The highest BCUT2D eigenvalue weighted by Crippen LogP contribution is 2.29. The van der Waals surface area contributed by atoms with E-state index in [1.165, 1.54) is 0 Å². The fraction of sp³-hybridized carbons (Fsp3) is 0.333. The summed E-state index contributed by atoms with van der Waals surface area (Å²) in [7, 11) is 0. The van der Waals surface area contributed by atoms with Gasteiger partial charge in [0.15, 0.2) is 0 Å². The lowest BCUT2D eigenvalue weighted by Crippen LogP contribution is -2.17. The van der Waals surface area contributed by atoms with Gasteiger partial charge in [-0.2, -0.15) is 0 Å². The zero-order valence-corrected chi connectivity index (χ0v) is 14.4. The zero-order valence-electron chi connectivity index (χ0n) is 14.4. The molecule has 1 amide bonds. The highest BCUT2D eigenvalue weighted by Gasteiger charge is 2.19. The van der Waals surface area contributed by atoms with Crippen LogP contribution in [0.15, 0.2) is 36.4 Å². The van der Waals surface area contributed by atoms with Crippen LogP contribution in [0, 0.1) is 5.92 Å². The lowest BCUT2D eigenvalue weighted by molar-refractivity contribution is 0.118. The van der Waals surface area contributed by atoms with Gasteiger partial charge in [-0.15, -0.1) is 0 Å². The Morgan fingerprint density at radius 1 is 1.32 bits per heavy atom. The number of benzene rings is 1. The third-order valence-electron chi connectivity index (χ3n) is 3.90. The number of nitrogen functional groups attached to an aromatic ring is 2. The summed E-state index contributed by atoms with van der Waals surface area (Å²) in [5.41, 5.74) is 13.8. The van der Waals surface area contributed by atoms with Crippen LogP contribution in [-0.2, 0) is 11.2 Å². The van der Waals surface area contributed by atoms with Gasteiger partial charge in [-0.05, 0) is 36.5 Å². The highest BCUT2D eigenvalue weighted by atomic mass is 16.5. The predicted octanol–water partition coefficient (Wildman–Crippen LogP) is 2.73. The molecule has 7 heteroatoms. The van der Waals surface area contributed by atoms with Crippen molar-refractivity contribution in [3.05, 3.63) is 47.5 Å². The summed E-state index contributed by atoms with van der Waals surface area (Å²) >= 11 is 0. The zero-order chi connectivity index (χ0) is 18.4. The van der Waals surface area contributed by atoms with E-state index in [4.69, 9.17) is 16.2 Å². The number of nitrogens with one attached hydrogen (secondary N) is 1. The van der Waals surface area contributed by atoms with Crippen molar-refractivity contribution in [3.8, 4) is 0 Å². The second-order valence-electron chi connectivity index (χ2n) is 5.85. The Morgan fingerprint density at radius 3 is 2.64 bits per heavy atom. The maximum atomic E-state index is 11.6. The molecule has 0 bridgehead atoms. The fourth-order valence-electron chi connectivity index (χ4n) is 2.57. The lowest BCUT2D eigenvalue weighted by Gasteiger charge is -2.21. The predicted molar refractivity (Wildman–Crippen MR) is 98.0 cm³/mol. The van der Waals surface area contributed by atoms with Crippen molar-refractivity contribution in [1.82, 2.24) is 4.98 Å². The number of aliphatic hydroxyl groups excluding tert-OH is 1. The molecule has 134 valence electrons. The first kappa shape index (κ1) is 18.5. The number of rotatable bonds is 6. The van der Waals surface area contributed by atoms with Gasteiger partial charge in [0, 0.05) is 0 Å². The van der Waals surface area contributed by atoms with Crippen LogP contribution < -0.4 is 16.8 Å². The number of pyridine rings is 1. The van der Waals surface area contributed by atoms with Gasteiger partial charge in [0.25, 0.3) is 0 Å². The fourth-order valence-corrected chi connectivity index (χ4v) is 2.57. The van der Waals surface area contributed by atoms with Crippen molar-refractivity contribution in [2.24, 2.45) is 5.92 Å². The van der Waals surface area contributed by atoms with Gasteiger partial charge >= 0.3 is 6.09 Å².